The van der Waals surface area contributed by atoms with E-state index in [4.69, 9.17) is 0 Å². The highest BCUT2D eigenvalue weighted by Crippen LogP contribution is 2.68. The highest BCUT2D eigenvalue weighted by atomic mass is 16.3. The fourth-order valence-corrected chi connectivity index (χ4v) is 9.34. The number of aliphatic hydroxyl groups is 2. The predicted molar refractivity (Wildman–Crippen MR) is 128 cm³/mol. The van der Waals surface area contributed by atoms with Crippen LogP contribution in [0.25, 0.3) is 0 Å². The Kier molecular flexibility index (Phi) is 5.50. The van der Waals surface area contributed by atoms with Crippen molar-refractivity contribution in [3.8, 4) is 0 Å². The second-order valence-corrected chi connectivity index (χ2v) is 13.3. The van der Waals surface area contributed by atoms with Crippen molar-refractivity contribution in [2.75, 3.05) is 0 Å². The van der Waals surface area contributed by atoms with Crippen LogP contribution < -0.4 is 0 Å². The van der Waals surface area contributed by atoms with Gasteiger partial charge in [0.25, 0.3) is 0 Å². The standard InChI is InChI=1S/C29H48O2/c1-5-28(30)16-15-26(3)21(19-28)8-9-22-24-11-10-23(27(24,4)14-12-25(22)26)20(2)7-6-13-29(31)17-18-29/h8,20,22-25,30-31H,5-7,9-19H2,1-4H3/t20-,22+,23-,24+,25+,26?,27-,28+/m1/s1. The van der Waals surface area contributed by atoms with Gasteiger partial charge in [-0.1, -0.05) is 52.2 Å². The summed E-state index contributed by atoms with van der Waals surface area (Å²) in [4.78, 5) is 0. The molecule has 0 aromatic heterocycles. The molecule has 0 saturated heterocycles. The predicted octanol–water partition coefficient (Wildman–Crippen LogP) is 7.04. The van der Waals surface area contributed by atoms with Crippen molar-refractivity contribution in [1.82, 2.24) is 0 Å². The van der Waals surface area contributed by atoms with Crippen LogP contribution in [0.15, 0.2) is 11.6 Å². The zero-order valence-corrected chi connectivity index (χ0v) is 20.8. The quantitative estimate of drug-likeness (QED) is 0.445. The maximum atomic E-state index is 11.0. The number of rotatable bonds is 6. The van der Waals surface area contributed by atoms with E-state index >= 15 is 0 Å². The van der Waals surface area contributed by atoms with Crippen molar-refractivity contribution in [2.24, 2.45) is 40.4 Å². The third-order valence-corrected chi connectivity index (χ3v) is 11.8. The Bertz CT molecular complexity index is 722. The largest absolute Gasteiger partial charge is 0.390 e. The first-order valence-corrected chi connectivity index (χ1v) is 13.8. The van der Waals surface area contributed by atoms with E-state index in [0.29, 0.717) is 10.8 Å². The summed E-state index contributed by atoms with van der Waals surface area (Å²) >= 11 is 0. The normalized spacial score (nSPS) is 48.9. The van der Waals surface area contributed by atoms with Gasteiger partial charge in [-0.2, -0.15) is 0 Å². The summed E-state index contributed by atoms with van der Waals surface area (Å²) in [5.74, 6) is 4.28. The highest BCUT2D eigenvalue weighted by molar-refractivity contribution is 5.27. The van der Waals surface area contributed by atoms with Crippen LogP contribution in [0, 0.1) is 40.4 Å². The third-order valence-electron chi connectivity index (χ3n) is 11.8. The van der Waals surface area contributed by atoms with Gasteiger partial charge in [0, 0.05) is 0 Å². The van der Waals surface area contributed by atoms with E-state index in [0.717, 1.165) is 68.1 Å². The van der Waals surface area contributed by atoms with Crippen LogP contribution >= 0.6 is 0 Å². The molecule has 1 unspecified atom stereocenters. The van der Waals surface area contributed by atoms with E-state index in [1.807, 2.05) is 0 Å². The number of fused-ring (bicyclic) bond motifs is 5. The summed E-state index contributed by atoms with van der Waals surface area (Å²) in [7, 11) is 0. The average Bonchev–Trinajstić information content (AvgIpc) is 3.35. The van der Waals surface area contributed by atoms with Crippen LogP contribution in [-0.2, 0) is 0 Å². The molecule has 0 bridgehead atoms. The maximum absolute atomic E-state index is 11.0. The van der Waals surface area contributed by atoms with Crippen molar-refractivity contribution in [3.05, 3.63) is 11.6 Å². The Balaban J connectivity index is 1.29. The minimum absolute atomic E-state index is 0.272. The van der Waals surface area contributed by atoms with Gasteiger partial charge in [0.05, 0.1) is 11.2 Å². The average molecular weight is 429 g/mol. The van der Waals surface area contributed by atoms with Crippen molar-refractivity contribution >= 4 is 0 Å². The van der Waals surface area contributed by atoms with Crippen LogP contribution in [0.4, 0.5) is 0 Å². The lowest BCUT2D eigenvalue weighted by Gasteiger charge is -2.59. The molecule has 0 spiro atoms. The summed E-state index contributed by atoms with van der Waals surface area (Å²) < 4.78 is 0. The van der Waals surface area contributed by atoms with E-state index in [9.17, 15) is 10.2 Å². The van der Waals surface area contributed by atoms with Gasteiger partial charge < -0.3 is 10.2 Å². The molecule has 0 amide bonds. The van der Waals surface area contributed by atoms with Gasteiger partial charge >= 0.3 is 0 Å². The molecule has 0 radical (unpaired) electrons. The van der Waals surface area contributed by atoms with E-state index in [-0.39, 0.29) is 5.60 Å². The molecule has 0 aromatic carbocycles. The van der Waals surface area contributed by atoms with Crippen LogP contribution in [0.5, 0.6) is 0 Å². The van der Waals surface area contributed by atoms with Gasteiger partial charge in [-0.15, -0.1) is 0 Å². The van der Waals surface area contributed by atoms with Crippen LogP contribution in [0.1, 0.15) is 118 Å². The van der Waals surface area contributed by atoms with E-state index in [1.54, 1.807) is 5.57 Å². The summed E-state index contributed by atoms with van der Waals surface area (Å²) in [5, 5.41) is 21.2. The van der Waals surface area contributed by atoms with Crippen molar-refractivity contribution in [1.29, 1.82) is 0 Å². The minimum atomic E-state index is -0.442. The Morgan fingerprint density at radius 3 is 2.42 bits per heavy atom. The number of hydrogen-bond donors (Lipinski definition) is 2. The van der Waals surface area contributed by atoms with Crippen LogP contribution in [0.3, 0.4) is 0 Å². The Morgan fingerprint density at radius 2 is 1.71 bits per heavy atom. The second kappa shape index (κ2) is 7.59. The number of hydrogen-bond acceptors (Lipinski definition) is 2. The fourth-order valence-electron chi connectivity index (χ4n) is 9.34. The Labute approximate surface area is 191 Å². The SMILES string of the molecule is CC[C@]1(O)CCC2(C)C(=CC[C@@H]3[C@@H]2CC[C@]2(C)[C@@H]([C@H](C)CCCC4(O)CC4)CC[C@@H]32)C1. The van der Waals surface area contributed by atoms with Gasteiger partial charge in [-0.3, -0.25) is 0 Å². The first-order valence-electron chi connectivity index (χ1n) is 13.8. The van der Waals surface area contributed by atoms with Crippen molar-refractivity contribution < 1.29 is 10.2 Å². The van der Waals surface area contributed by atoms with E-state index < -0.39 is 5.60 Å². The van der Waals surface area contributed by atoms with E-state index in [2.05, 4.69) is 33.8 Å². The first-order chi connectivity index (χ1) is 14.6. The lowest BCUT2D eigenvalue weighted by Crippen LogP contribution is -2.52. The van der Waals surface area contributed by atoms with Crippen LogP contribution in [-0.4, -0.2) is 21.4 Å². The highest BCUT2D eigenvalue weighted by Gasteiger charge is 2.59. The van der Waals surface area contributed by atoms with Gasteiger partial charge in [0.2, 0.25) is 0 Å². The lowest BCUT2D eigenvalue weighted by atomic mass is 9.46. The monoisotopic (exact) mass is 428 g/mol. The smallest absolute Gasteiger partial charge is 0.0682 e. The molecule has 2 N–H and O–H groups in total. The van der Waals surface area contributed by atoms with Gasteiger partial charge in [-0.05, 0) is 117 Å². The fraction of sp³-hybridized carbons (Fsp3) is 0.931. The maximum Gasteiger partial charge on any atom is 0.0682 e. The summed E-state index contributed by atoms with van der Waals surface area (Å²) in [5.41, 5.74) is 1.76. The molecule has 4 saturated carbocycles. The third kappa shape index (κ3) is 3.67. The van der Waals surface area contributed by atoms with Gasteiger partial charge in [-0.25, -0.2) is 0 Å². The molecule has 0 aliphatic heterocycles. The molecule has 5 aliphatic rings. The Morgan fingerprint density at radius 1 is 0.968 bits per heavy atom. The molecule has 2 nitrogen and oxygen atoms in total. The molecule has 8 atom stereocenters. The second-order valence-electron chi connectivity index (χ2n) is 13.3. The molecule has 0 aromatic rings. The first kappa shape index (κ1) is 22.5. The molecule has 5 aliphatic carbocycles. The van der Waals surface area contributed by atoms with E-state index in [1.165, 1.54) is 51.4 Å². The molecule has 4 fully saturated rings. The van der Waals surface area contributed by atoms with Crippen molar-refractivity contribution in [3.63, 3.8) is 0 Å². The number of allylic oxidation sites excluding steroid dienone is 1. The Hall–Kier alpha value is -0.340. The lowest BCUT2D eigenvalue weighted by molar-refractivity contribution is -0.0755. The molecular formula is C29H48O2. The zero-order chi connectivity index (χ0) is 22.1. The molecule has 0 heterocycles. The molecule has 31 heavy (non-hydrogen) atoms. The molecule has 2 heteroatoms. The zero-order valence-electron chi connectivity index (χ0n) is 20.8. The topological polar surface area (TPSA) is 40.5 Å². The molecular weight excluding hydrogens is 380 g/mol. The summed E-state index contributed by atoms with van der Waals surface area (Å²) in [6.07, 6.45) is 19.2. The minimum Gasteiger partial charge on any atom is -0.390 e. The molecule has 5 rings (SSSR count). The van der Waals surface area contributed by atoms with Gasteiger partial charge in [0.15, 0.2) is 0 Å². The van der Waals surface area contributed by atoms with Gasteiger partial charge in [0.1, 0.15) is 0 Å². The summed E-state index contributed by atoms with van der Waals surface area (Å²) in [6.45, 7) is 9.90. The molecule has 176 valence electrons. The van der Waals surface area contributed by atoms with Crippen LogP contribution in [0.2, 0.25) is 0 Å². The van der Waals surface area contributed by atoms with Crippen molar-refractivity contribution in [2.45, 2.75) is 129 Å². The summed E-state index contributed by atoms with van der Waals surface area (Å²) in [6, 6.07) is 0.